The van der Waals surface area contributed by atoms with Gasteiger partial charge in [-0.1, -0.05) is 13.0 Å². The lowest BCUT2D eigenvalue weighted by Gasteiger charge is -2.16. The fourth-order valence-electron chi connectivity index (χ4n) is 3.50. The van der Waals surface area contributed by atoms with Crippen molar-refractivity contribution < 1.29 is 19.1 Å². The molecule has 0 unspecified atom stereocenters. The van der Waals surface area contributed by atoms with Crippen LogP contribution >= 0.6 is 0 Å². The van der Waals surface area contributed by atoms with Crippen LogP contribution < -0.4 is 14.8 Å². The average molecular weight is 370 g/mol. The molecule has 1 aromatic carbocycles. The van der Waals surface area contributed by atoms with E-state index >= 15 is 0 Å². The van der Waals surface area contributed by atoms with Crippen LogP contribution in [0.4, 0.5) is 0 Å². The molecule has 6 nitrogen and oxygen atoms in total. The first-order valence-corrected chi connectivity index (χ1v) is 9.35. The van der Waals surface area contributed by atoms with Gasteiger partial charge in [-0.05, 0) is 50.5 Å². The fraction of sp³-hybridized carbons (Fsp3) is 0.429. The molecule has 0 fully saturated rings. The van der Waals surface area contributed by atoms with Crippen molar-refractivity contribution in [1.29, 1.82) is 0 Å². The molecule has 0 radical (unpaired) electrons. The summed E-state index contributed by atoms with van der Waals surface area (Å²) >= 11 is 0. The third-order valence-corrected chi connectivity index (χ3v) is 4.84. The maximum Gasteiger partial charge on any atom is 0.268 e. The molecule has 2 heterocycles. The minimum Gasteiger partial charge on any atom is -0.490 e. The molecule has 27 heavy (non-hydrogen) atoms. The molecule has 6 heteroatoms. The Morgan fingerprint density at radius 3 is 2.59 bits per heavy atom. The van der Waals surface area contributed by atoms with Crippen LogP contribution in [0.15, 0.2) is 18.2 Å². The Hall–Kier alpha value is -2.76. The number of aromatic amines is 1. The molecule has 0 aliphatic carbocycles. The number of rotatable bonds is 5. The predicted octanol–water partition coefficient (Wildman–Crippen LogP) is 3.74. The Morgan fingerprint density at radius 1 is 1.22 bits per heavy atom. The van der Waals surface area contributed by atoms with Crippen LogP contribution in [0, 0.1) is 6.92 Å². The summed E-state index contributed by atoms with van der Waals surface area (Å²) in [6.45, 7) is 8.47. The van der Waals surface area contributed by atoms with Gasteiger partial charge in [0.2, 0.25) is 0 Å². The second kappa shape index (κ2) is 7.86. The smallest absolute Gasteiger partial charge is 0.268 e. The van der Waals surface area contributed by atoms with Gasteiger partial charge in [0.25, 0.3) is 5.91 Å². The van der Waals surface area contributed by atoms with Crippen molar-refractivity contribution in [2.75, 3.05) is 13.2 Å². The third-order valence-electron chi connectivity index (χ3n) is 4.84. The second-order valence-electron chi connectivity index (χ2n) is 6.84. The van der Waals surface area contributed by atoms with Gasteiger partial charge in [0, 0.05) is 17.7 Å². The normalized spacial score (nSPS) is 14.4. The number of nitrogens with one attached hydrogen (secondary N) is 2. The summed E-state index contributed by atoms with van der Waals surface area (Å²) in [6.07, 6.45) is 1.46. The fourth-order valence-corrected chi connectivity index (χ4v) is 3.50. The summed E-state index contributed by atoms with van der Waals surface area (Å²) in [5.74, 6) is 1.18. The van der Waals surface area contributed by atoms with Gasteiger partial charge in [-0.3, -0.25) is 9.59 Å². The molecule has 0 saturated heterocycles. The largest absolute Gasteiger partial charge is 0.490 e. The van der Waals surface area contributed by atoms with Crippen molar-refractivity contribution in [3.8, 4) is 11.5 Å². The minimum absolute atomic E-state index is 0.0319. The first kappa shape index (κ1) is 19.0. The van der Waals surface area contributed by atoms with Crippen molar-refractivity contribution >= 4 is 11.7 Å². The summed E-state index contributed by atoms with van der Waals surface area (Å²) in [5.41, 5.74) is 3.50. The van der Waals surface area contributed by atoms with Gasteiger partial charge < -0.3 is 19.8 Å². The van der Waals surface area contributed by atoms with Crippen LogP contribution in [0.25, 0.3) is 0 Å². The molecule has 0 saturated carbocycles. The molecule has 1 aromatic heterocycles. The number of H-pyrrole nitrogens is 1. The number of benzene rings is 1. The summed E-state index contributed by atoms with van der Waals surface area (Å²) in [5, 5.41) is 3.01. The van der Waals surface area contributed by atoms with E-state index in [0.29, 0.717) is 36.6 Å². The zero-order chi connectivity index (χ0) is 19.6. The first-order valence-electron chi connectivity index (χ1n) is 9.35. The molecule has 1 aliphatic heterocycles. The first-order chi connectivity index (χ1) is 12.9. The lowest BCUT2D eigenvalue weighted by molar-refractivity contribution is 0.0934. The molecule has 144 valence electrons. The van der Waals surface area contributed by atoms with E-state index in [1.807, 2.05) is 39.0 Å². The van der Waals surface area contributed by atoms with Crippen molar-refractivity contribution in [3.63, 3.8) is 0 Å². The maximum absolute atomic E-state index is 12.8. The molecule has 1 aliphatic rings. The van der Waals surface area contributed by atoms with Crippen molar-refractivity contribution in [3.05, 3.63) is 46.3 Å². The lowest BCUT2D eigenvalue weighted by atomic mass is 10.0. The Bertz CT molecular complexity index is 869. The molecule has 0 spiro atoms. The summed E-state index contributed by atoms with van der Waals surface area (Å²) in [6, 6.07) is 5.50. The number of carbonyl (C=O) groups is 2. The lowest BCUT2D eigenvalue weighted by Crippen LogP contribution is -2.28. The number of aryl methyl sites for hydroxylation is 1. The average Bonchev–Trinajstić information content (AvgIpc) is 2.82. The zero-order valence-electron chi connectivity index (χ0n) is 16.3. The van der Waals surface area contributed by atoms with Gasteiger partial charge in [0.15, 0.2) is 17.3 Å². The number of carbonyl (C=O) groups excluding carboxylic acids is 2. The summed E-state index contributed by atoms with van der Waals surface area (Å²) < 4.78 is 11.4. The van der Waals surface area contributed by atoms with Gasteiger partial charge in [-0.25, -0.2) is 0 Å². The second-order valence-corrected chi connectivity index (χ2v) is 6.84. The number of Topliss-reactive ketones (excluding diaryl/α,β-unsaturated/α-hetero) is 1. The number of ether oxygens (including phenoxy) is 2. The minimum atomic E-state index is -0.220. The summed E-state index contributed by atoms with van der Waals surface area (Å²) in [7, 11) is 0. The maximum atomic E-state index is 12.8. The van der Waals surface area contributed by atoms with E-state index in [9.17, 15) is 9.59 Å². The van der Waals surface area contributed by atoms with Crippen LogP contribution in [0.5, 0.6) is 11.5 Å². The highest BCUT2D eigenvalue weighted by atomic mass is 16.5. The zero-order valence-corrected chi connectivity index (χ0v) is 16.3. The molecular formula is C21H26N2O4. The Morgan fingerprint density at radius 2 is 1.93 bits per heavy atom. The molecule has 1 amide bonds. The van der Waals surface area contributed by atoms with Gasteiger partial charge in [-0.2, -0.15) is 0 Å². The van der Waals surface area contributed by atoms with E-state index in [2.05, 4.69) is 10.3 Å². The van der Waals surface area contributed by atoms with E-state index in [4.69, 9.17) is 9.47 Å². The third kappa shape index (κ3) is 3.84. The number of ketones is 1. The molecule has 2 aromatic rings. The molecule has 0 bridgehead atoms. The number of amides is 1. The van der Waals surface area contributed by atoms with Crippen molar-refractivity contribution in [2.45, 2.75) is 46.6 Å². The topological polar surface area (TPSA) is 80.4 Å². The molecule has 2 N–H and O–H groups in total. The van der Waals surface area contributed by atoms with Crippen LogP contribution in [0.2, 0.25) is 0 Å². The van der Waals surface area contributed by atoms with Crippen LogP contribution in [0.3, 0.4) is 0 Å². The highest BCUT2D eigenvalue weighted by molar-refractivity contribution is 6.02. The SMILES string of the molecule is CCc1c(C(=O)N[C@@H](C)c2ccc3c(c2)OCCCO3)[nH]c(C)c1C(C)=O. The number of hydrogen-bond donors (Lipinski definition) is 2. The van der Waals surface area contributed by atoms with Crippen molar-refractivity contribution in [2.24, 2.45) is 0 Å². The Kier molecular flexibility index (Phi) is 5.54. The van der Waals surface area contributed by atoms with Crippen LogP contribution in [-0.4, -0.2) is 29.9 Å². The van der Waals surface area contributed by atoms with E-state index < -0.39 is 0 Å². The molecule has 3 rings (SSSR count). The predicted molar refractivity (Wildman–Crippen MR) is 103 cm³/mol. The Balaban J connectivity index is 1.81. The molecular weight excluding hydrogens is 344 g/mol. The number of hydrogen-bond acceptors (Lipinski definition) is 4. The summed E-state index contributed by atoms with van der Waals surface area (Å²) in [4.78, 5) is 27.8. The van der Waals surface area contributed by atoms with E-state index in [1.165, 1.54) is 6.92 Å². The highest BCUT2D eigenvalue weighted by Crippen LogP contribution is 2.32. The number of aromatic nitrogens is 1. The quantitative estimate of drug-likeness (QED) is 0.786. The van der Waals surface area contributed by atoms with Crippen molar-refractivity contribution in [1.82, 2.24) is 10.3 Å². The molecule has 1 atom stereocenters. The van der Waals surface area contributed by atoms with Crippen LogP contribution in [0.1, 0.15) is 70.9 Å². The standard InChI is InChI=1S/C21H26N2O4/c1-5-16-19(14(4)24)13(3)22-20(16)21(25)23-12(2)15-7-8-17-18(11-15)27-10-6-9-26-17/h7-8,11-12,22H,5-6,9-10H2,1-4H3,(H,23,25)/t12-/m0/s1. The number of fused-ring (bicyclic) bond motifs is 1. The Labute approximate surface area is 159 Å². The highest BCUT2D eigenvalue weighted by Gasteiger charge is 2.23. The monoisotopic (exact) mass is 370 g/mol. The van der Waals surface area contributed by atoms with E-state index in [1.54, 1.807) is 0 Å². The van der Waals surface area contributed by atoms with Gasteiger partial charge in [0.05, 0.1) is 19.3 Å². The van der Waals surface area contributed by atoms with Gasteiger partial charge in [0.1, 0.15) is 5.69 Å². The van der Waals surface area contributed by atoms with E-state index in [-0.39, 0.29) is 17.7 Å². The van der Waals surface area contributed by atoms with Gasteiger partial charge >= 0.3 is 0 Å². The van der Waals surface area contributed by atoms with E-state index in [0.717, 1.165) is 29.0 Å². The van der Waals surface area contributed by atoms with Crippen LogP contribution in [-0.2, 0) is 6.42 Å². The van der Waals surface area contributed by atoms with Gasteiger partial charge in [-0.15, -0.1) is 0 Å².